The minimum Gasteiger partial charge on any atom is -0.368 e. The van der Waals surface area contributed by atoms with Crippen LogP contribution in [0.15, 0.2) is 23.4 Å². The van der Waals surface area contributed by atoms with Gasteiger partial charge in [-0.05, 0) is 23.8 Å². The first-order valence-corrected chi connectivity index (χ1v) is 6.06. The molecule has 5 nitrogen and oxygen atoms in total. The van der Waals surface area contributed by atoms with Gasteiger partial charge < -0.3 is 5.73 Å². The molecule has 0 atom stereocenters. The van der Waals surface area contributed by atoms with Crippen molar-refractivity contribution in [3.8, 4) is 6.07 Å². The fourth-order valence-corrected chi connectivity index (χ4v) is 2.29. The molecule has 18 heavy (non-hydrogen) atoms. The van der Waals surface area contributed by atoms with E-state index in [9.17, 15) is 4.39 Å². The molecule has 1 aromatic carbocycles. The van der Waals surface area contributed by atoms with Crippen molar-refractivity contribution in [2.24, 2.45) is 7.05 Å². The van der Waals surface area contributed by atoms with Crippen molar-refractivity contribution >= 4 is 17.7 Å². The number of nitrogens with zero attached hydrogens (tertiary/aromatic N) is 4. The van der Waals surface area contributed by atoms with E-state index >= 15 is 0 Å². The van der Waals surface area contributed by atoms with Crippen LogP contribution in [0.4, 0.5) is 10.3 Å². The Balaban J connectivity index is 2.18. The van der Waals surface area contributed by atoms with Crippen LogP contribution < -0.4 is 5.73 Å². The third kappa shape index (κ3) is 2.43. The number of hydrogen-bond acceptors (Lipinski definition) is 5. The van der Waals surface area contributed by atoms with E-state index in [1.54, 1.807) is 11.6 Å². The molecule has 0 amide bonds. The molecule has 1 aromatic heterocycles. The fraction of sp³-hybridized carbons (Fsp3) is 0.182. The van der Waals surface area contributed by atoms with Gasteiger partial charge in [0.15, 0.2) is 5.16 Å². The maximum Gasteiger partial charge on any atom is 0.222 e. The van der Waals surface area contributed by atoms with Gasteiger partial charge in [0.1, 0.15) is 5.82 Å². The van der Waals surface area contributed by atoms with Crippen molar-refractivity contribution in [3.63, 3.8) is 0 Å². The van der Waals surface area contributed by atoms with Gasteiger partial charge in [-0.1, -0.05) is 11.8 Å². The van der Waals surface area contributed by atoms with Crippen molar-refractivity contribution < 1.29 is 4.39 Å². The fourth-order valence-electron chi connectivity index (χ4n) is 1.38. The second kappa shape index (κ2) is 5.06. The van der Waals surface area contributed by atoms with E-state index < -0.39 is 0 Å². The summed E-state index contributed by atoms with van der Waals surface area (Å²) in [5, 5.41) is 17.2. The summed E-state index contributed by atoms with van der Waals surface area (Å²) < 4.78 is 14.8. The smallest absolute Gasteiger partial charge is 0.222 e. The van der Waals surface area contributed by atoms with E-state index in [0.717, 1.165) is 0 Å². The first-order chi connectivity index (χ1) is 8.61. The van der Waals surface area contributed by atoms with E-state index in [4.69, 9.17) is 11.0 Å². The maximum atomic E-state index is 13.1. The summed E-state index contributed by atoms with van der Waals surface area (Å²) >= 11 is 1.35. The SMILES string of the molecule is Cn1c(N)nnc1SCc1cc(F)ccc1C#N. The monoisotopic (exact) mass is 263 g/mol. The molecule has 92 valence electrons. The molecule has 0 aliphatic rings. The molecule has 0 fully saturated rings. The molecule has 0 radical (unpaired) electrons. The van der Waals surface area contributed by atoms with Crippen LogP contribution in [0.1, 0.15) is 11.1 Å². The summed E-state index contributed by atoms with van der Waals surface area (Å²) in [6.07, 6.45) is 0. The average Bonchev–Trinajstić information content (AvgIpc) is 2.68. The van der Waals surface area contributed by atoms with Crippen LogP contribution in [-0.2, 0) is 12.8 Å². The Labute approximate surface area is 107 Å². The quantitative estimate of drug-likeness (QED) is 0.852. The van der Waals surface area contributed by atoms with E-state index in [1.165, 1.54) is 30.0 Å². The Bertz CT molecular complexity index is 616. The number of thioether (sulfide) groups is 1. The normalized spacial score (nSPS) is 10.3. The van der Waals surface area contributed by atoms with Gasteiger partial charge in [-0.2, -0.15) is 5.26 Å². The predicted octanol–water partition coefficient (Wildman–Crippen LogP) is 1.70. The molecular weight excluding hydrogens is 253 g/mol. The number of aromatic nitrogens is 3. The molecule has 2 rings (SSSR count). The largest absolute Gasteiger partial charge is 0.368 e. The molecule has 0 spiro atoms. The minimum absolute atomic E-state index is 0.317. The van der Waals surface area contributed by atoms with Crippen LogP contribution >= 0.6 is 11.8 Å². The summed E-state index contributed by atoms with van der Waals surface area (Å²) in [5.41, 5.74) is 6.64. The van der Waals surface area contributed by atoms with Gasteiger partial charge in [0.05, 0.1) is 11.6 Å². The van der Waals surface area contributed by atoms with Crippen LogP contribution in [0.25, 0.3) is 0 Å². The second-order valence-electron chi connectivity index (χ2n) is 3.60. The standard InChI is InChI=1S/C11H10FN5S/c1-17-10(14)15-16-11(17)18-6-8-4-9(12)3-2-7(8)5-13/h2-4H,6H2,1H3,(H2,14,15). The molecule has 0 saturated heterocycles. The van der Waals surface area contributed by atoms with Crippen LogP contribution in [0.2, 0.25) is 0 Å². The Morgan fingerprint density at radius 2 is 2.28 bits per heavy atom. The van der Waals surface area contributed by atoms with E-state index in [2.05, 4.69) is 10.2 Å². The Morgan fingerprint density at radius 3 is 2.89 bits per heavy atom. The first kappa shape index (κ1) is 12.4. The summed E-state index contributed by atoms with van der Waals surface area (Å²) in [6, 6.07) is 6.12. The summed E-state index contributed by atoms with van der Waals surface area (Å²) in [6.45, 7) is 0. The number of rotatable bonds is 3. The molecular formula is C11H10FN5S. The molecule has 0 aliphatic carbocycles. The van der Waals surface area contributed by atoms with Crippen LogP contribution in [0.5, 0.6) is 0 Å². The van der Waals surface area contributed by atoms with Gasteiger partial charge in [-0.15, -0.1) is 10.2 Å². The van der Waals surface area contributed by atoms with Crippen molar-refractivity contribution in [2.45, 2.75) is 10.9 Å². The number of halogens is 1. The summed E-state index contributed by atoms with van der Waals surface area (Å²) in [5.74, 6) is 0.395. The highest BCUT2D eigenvalue weighted by atomic mass is 32.2. The Hall–Kier alpha value is -2.07. The predicted molar refractivity (Wildman–Crippen MR) is 66.1 cm³/mol. The zero-order chi connectivity index (χ0) is 13.1. The van der Waals surface area contributed by atoms with Crippen molar-refractivity contribution in [2.75, 3.05) is 5.73 Å². The third-order valence-corrected chi connectivity index (χ3v) is 3.48. The molecule has 0 aliphatic heterocycles. The minimum atomic E-state index is -0.359. The van der Waals surface area contributed by atoms with Crippen LogP contribution in [0, 0.1) is 17.1 Å². The van der Waals surface area contributed by atoms with Gasteiger partial charge in [-0.25, -0.2) is 4.39 Å². The zero-order valence-corrected chi connectivity index (χ0v) is 10.4. The Morgan fingerprint density at radius 1 is 1.50 bits per heavy atom. The molecule has 2 aromatic rings. The van der Waals surface area contributed by atoms with Crippen molar-refractivity contribution in [1.29, 1.82) is 5.26 Å². The van der Waals surface area contributed by atoms with Gasteiger partial charge in [0.2, 0.25) is 5.95 Å². The van der Waals surface area contributed by atoms with E-state index in [0.29, 0.717) is 28.0 Å². The zero-order valence-electron chi connectivity index (χ0n) is 9.59. The van der Waals surface area contributed by atoms with Gasteiger partial charge in [0.25, 0.3) is 0 Å². The van der Waals surface area contributed by atoms with E-state index in [1.807, 2.05) is 6.07 Å². The topological polar surface area (TPSA) is 80.5 Å². The molecule has 0 saturated carbocycles. The highest BCUT2D eigenvalue weighted by Gasteiger charge is 2.09. The average molecular weight is 263 g/mol. The van der Waals surface area contributed by atoms with Gasteiger partial charge in [0, 0.05) is 12.8 Å². The lowest BCUT2D eigenvalue weighted by atomic mass is 10.1. The lowest BCUT2D eigenvalue weighted by Crippen LogP contribution is -1.98. The third-order valence-electron chi connectivity index (χ3n) is 2.41. The first-order valence-electron chi connectivity index (χ1n) is 5.08. The van der Waals surface area contributed by atoms with Crippen LogP contribution in [0.3, 0.4) is 0 Å². The number of nitriles is 1. The van der Waals surface area contributed by atoms with Gasteiger partial charge in [-0.3, -0.25) is 4.57 Å². The lowest BCUT2D eigenvalue weighted by molar-refractivity contribution is 0.626. The van der Waals surface area contributed by atoms with Crippen LogP contribution in [-0.4, -0.2) is 14.8 Å². The number of nitrogens with two attached hydrogens (primary N) is 1. The summed E-state index contributed by atoms with van der Waals surface area (Å²) in [4.78, 5) is 0. The highest BCUT2D eigenvalue weighted by Crippen LogP contribution is 2.23. The summed E-state index contributed by atoms with van der Waals surface area (Å²) in [7, 11) is 1.74. The second-order valence-corrected chi connectivity index (χ2v) is 4.54. The lowest BCUT2D eigenvalue weighted by Gasteiger charge is -2.04. The molecule has 2 N–H and O–H groups in total. The van der Waals surface area contributed by atoms with Crippen molar-refractivity contribution in [3.05, 3.63) is 35.1 Å². The van der Waals surface area contributed by atoms with Crippen molar-refractivity contribution in [1.82, 2.24) is 14.8 Å². The molecule has 0 bridgehead atoms. The molecule has 1 heterocycles. The number of benzene rings is 1. The highest BCUT2D eigenvalue weighted by molar-refractivity contribution is 7.98. The maximum absolute atomic E-state index is 13.1. The number of anilines is 1. The number of nitrogen functional groups attached to an aromatic ring is 1. The Kier molecular flexibility index (Phi) is 3.48. The number of hydrogen-bond donors (Lipinski definition) is 1. The molecule has 7 heteroatoms. The molecule has 0 unspecified atom stereocenters. The van der Waals surface area contributed by atoms with Gasteiger partial charge >= 0.3 is 0 Å². The van der Waals surface area contributed by atoms with E-state index in [-0.39, 0.29) is 5.82 Å².